The molecule has 1 N–H and O–H groups in total. The van der Waals surface area contributed by atoms with Gasteiger partial charge in [0.15, 0.2) is 0 Å². The summed E-state index contributed by atoms with van der Waals surface area (Å²) in [7, 11) is 0. The largest absolute Gasteiger partial charge is 0.396 e. The van der Waals surface area contributed by atoms with Crippen LogP contribution in [0.4, 0.5) is 0 Å². The number of aliphatic hydroxyl groups excluding tert-OH is 1. The number of benzene rings is 1. The van der Waals surface area contributed by atoms with Crippen molar-refractivity contribution in [3.8, 4) is 0 Å². The molecule has 1 fully saturated rings. The highest BCUT2D eigenvalue weighted by atomic mass is 16.3. The topological polar surface area (TPSA) is 20.2 Å². The Morgan fingerprint density at radius 2 is 2.07 bits per heavy atom. The van der Waals surface area contributed by atoms with Crippen LogP contribution >= 0.6 is 0 Å². The second-order valence-corrected chi connectivity index (χ2v) is 4.72. The Morgan fingerprint density at radius 1 is 1.36 bits per heavy atom. The van der Waals surface area contributed by atoms with Gasteiger partial charge >= 0.3 is 0 Å². The third kappa shape index (κ3) is 1.98. The maximum absolute atomic E-state index is 9.04. The van der Waals surface area contributed by atoms with Crippen LogP contribution in [-0.2, 0) is 6.42 Å². The molecule has 0 unspecified atom stereocenters. The van der Waals surface area contributed by atoms with Crippen molar-refractivity contribution >= 4 is 0 Å². The van der Waals surface area contributed by atoms with Gasteiger partial charge in [-0.25, -0.2) is 0 Å². The SMILES string of the molecule is C[C@@]1(CCc2ccccc2)C[C@H]1CO. The van der Waals surface area contributed by atoms with E-state index in [0.717, 1.165) is 6.42 Å². The van der Waals surface area contributed by atoms with Gasteiger partial charge in [-0.1, -0.05) is 37.3 Å². The summed E-state index contributed by atoms with van der Waals surface area (Å²) in [6.45, 7) is 2.65. The summed E-state index contributed by atoms with van der Waals surface area (Å²) in [4.78, 5) is 0. The summed E-state index contributed by atoms with van der Waals surface area (Å²) >= 11 is 0. The first-order valence-electron chi connectivity index (χ1n) is 5.39. The van der Waals surface area contributed by atoms with Crippen LogP contribution in [0.3, 0.4) is 0 Å². The van der Waals surface area contributed by atoms with E-state index in [0.29, 0.717) is 17.9 Å². The Kier molecular flexibility index (Phi) is 2.60. The van der Waals surface area contributed by atoms with Gasteiger partial charge in [-0.3, -0.25) is 0 Å². The van der Waals surface area contributed by atoms with E-state index < -0.39 is 0 Å². The van der Waals surface area contributed by atoms with Crippen molar-refractivity contribution in [1.82, 2.24) is 0 Å². The van der Waals surface area contributed by atoms with Crippen molar-refractivity contribution in [2.24, 2.45) is 11.3 Å². The molecule has 0 aromatic heterocycles. The number of rotatable bonds is 4. The van der Waals surface area contributed by atoms with Crippen molar-refractivity contribution in [2.45, 2.75) is 26.2 Å². The molecule has 1 aromatic rings. The predicted octanol–water partition coefficient (Wildman–Crippen LogP) is 2.64. The lowest BCUT2D eigenvalue weighted by atomic mass is 9.96. The lowest BCUT2D eigenvalue weighted by Gasteiger charge is -2.09. The van der Waals surface area contributed by atoms with Crippen LogP contribution in [0.2, 0.25) is 0 Å². The summed E-state index contributed by atoms with van der Waals surface area (Å²) in [6.07, 6.45) is 3.56. The zero-order valence-electron chi connectivity index (χ0n) is 8.74. The molecular formula is C13H18O. The predicted molar refractivity (Wildman–Crippen MR) is 58.1 cm³/mol. The zero-order valence-corrected chi connectivity index (χ0v) is 8.74. The highest BCUT2D eigenvalue weighted by molar-refractivity contribution is 5.15. The Labute approximate surface area is 85.8 Å². The van der Waals surface area contributed by atoms with E-state index in [2.05, 4.69) is 37.3 Å². The van der Waals surface area contributed by atoms with E-state index in [1.807, 2.05) is 0 Å². The van der Waals surface area contributed by atoms with E-state index in [-0.39, 0.29) is 0 Å². The van der Waals surface area contributed by atoms with Crippen LogP contribution in [0.15, 0.2) is 30.3 Å². The van der Waals surface area contributed by atoms with Gasteiger partial charge in [0, 0.05) is 6.61 Å². The smallest absolute Gasteiger partial charge is 0.0464 e. The van der Waals surface area contributed by atoms with E-state index in [4.69, 9.17) is 5.11 Å². The summed E-state index contributed by atoms with van der Waals surface area (Å²) in [5, 5.41) is 9.04. The van der Waals surface area contributed by atoms with E-state index in [1.165, 1.54) is 18.4 Å². The molecule has 0 bridgehead atoms. The molecule has 0 saturated heterocycles. The minimum Gasteiger partial charge on any atom is -0.396 e. The fraction of sp³-hybridized carbons (Fsp3) is 0.538. The molecule has 1 heteroatoms. The number of hydrogen-bond acceptors (Lipinski definition) is 1. The molecule has 1 aliphatic carbocycles. The van der Waals surface area contributed by atoms with Crippen molar-refractivity contribution in [3.63, 3.8) is 0 Å². The lowest BCUT2D eigenvalue weighted by molar-refractivity contribution is 0.250. The average molecular weight is 190 g/mol. The number of hydrogen-bond donors (Lipinski definition) is 1. The minimum absolute atomic E-state index is 0.366. The minimum atomic E-state index is 0.366. The van der Waals surface area contributed by atoms with Crippen LogP contribution in [0.5, 0.6) is 0 Å². The molecule has 0 heterocycles. The van der Waals surface area contributed by atoms with E-state index in [9.17, 15) is 0 Å². The Hall–Kier alpha value is -0.820. The van der Waals surface area contributed by atoms with Crippen molar-refractivity contribution in [1.29, 1.82) is 0 Å². The molecule has 0 amide bonds. The molecular weight excluding hydrogens is 172 g/mol. The van der Waals surface area contributed by atoms with Crippen LogP contribution in [0.25, 0.3) is 0 Å². The maximum atomic E-state index is 9.04. The van der Waals surface area contributed by atoms with Gasteiger partial charge in [0.05, 0.1) is 0 Å². The van der Waals surface area contributed by atoms with Crippen molar-refractivity contribution in [2.75, 3.05) is 6.61 Å². The van der Waals surface area contributed by atoms with Crippen molar-refractivity contribution in [3.05, 3.63) is 35.9 Å². The fourth-order valence-electron chi connectivity index (χ4n) is 2.17. The molecule has 0 spiro atoms. The lowest BCUT2D eigenvalue weighted by Crippen LogP contribution is -2.03. The molecule has 1 aromatic carbocycles. The van der Waals surface area contributed by atoms with Gasteiger partial charge in [0.25, 0.3) is 0 Å². The van der Waals surface area contributed by atoms with Crippen molar-refractivity contribution < 1.29 is 5.11 Å². The van der Waals surface area contributed by atoms with Gasteiger partial charge in [-0.15, -0.1) is 0 Å². The van der Waals surface area contributed by atoms with Gasteiger partial charge in [-0.2, -0.15) is 0 Å². The van der Waals surface area contributed by atoms with E-state index >= 15 is 0 Å². The molecule has 1 saturated carbocycles. The standard InChI is InChI=1S/C13H18O/c1-13(9-12(13)10-14)8-7-11-5-3-2-4-6-11/h2-6,12,14H,7-10H2,1H3/t12-,13+/m0/s1. The van der Waals surface area contributed by atoms with Crippen LogP contribution in [0.1, 0.15) is 25.3 Å². The van der Waals surface area contributed by atoms with Crippen LogP contribution in [-0.4, -0.2) is 11.7 Å². The number of aliphatic hydroxyl groups is 1. The Bertz CT molecular complexity index is 293. The van der Waals surface area contributed by atoms with Crippen LogP contribution < -0.4 is 0 Å². The first-order chi connectivity index (χ1) is 6.74. The highest BCUT2D eigenvalue weighted by Crippen LogP contribution is 2.54. The second-order valence-electron chi connectivity index (χ2n) is 4.72. The monoisotopic (exact) mass is 190 g/mol. The van der Waals surface area contributed by atoms with Gasteiger partial charge in [0.2, 0.25) is 0 Å². The summed E-state index contributed by atoms with van der Waals surface area (Å²) in [5.74, 6) is 0.561. The summed E-state index contributed by atoms with van der Waals surface area (Å²) in [5.41, 5.74) is 1.84. The average Bonchev–Trinajstić information content (AvgIpc) is 2.89. The normalized spacial score (nSPS) is 30.3. The first kappa shape index (κ1) is 9.72. The van der Waals surface area contributed by atoms with Gasteiger partial charge < -0.3 is 5.11 Å². The molecule has 2 rings (SSSR count). The third-order valence-corrected chi connectivity index (χ3v) is 3.59. The highest BCUT2D eigenvalue weighted by Gasteiger charge is 2.48. The third-order valence-electron chi connectivity index (χ3n) is 3.59. The molecule has 76 valence electrons. The zero-order chi connectivity index (χ0) is 10.0. The van der Waals surface area contributed by atoms with Crippen LogP contribution in [0, 0.1) is 11.3 Å². The van der Waals surface area contributed by atoms with Gasteiger partial charge in [0.1, 0.15) is 0 Å². The number of aryl methyl sites for hydroxylation is 1. The molecule has 1 nitrogen and oxygen atoms in total. The Morgan fingerprint density at radius 3 is 2.64 bits per heavy atom. The molecule has 14 heavy (non-hydrogen) atoms. The molecule has 1 aliphatic rings. The second kappa shape index (κ2) is 3.74. The molecule has 2 atom stereocenters. The van der Waals surface area contributed by atoms with Gasteiger partial charge in [-0.05, 0) is 36.2 Å². The first-order valence-corrected chi connectivity index (χ1v) is 5.39. The molecule has 0 aliphatic heterocycles. The molecule has 0 radical (unpaired) electrons. The summed E-state index contributed by atoms with van der Waals surface area (Å²) < 4.78 is 0. The van der Waals surface area contributed by atoms with E-state index in [1.54, 1.807) is 0 Å². The summed E-state index contributed by atoms with van der Waals surface area (Å²) in [6, 6.07) is 10.6. The Balaban J connectivity index is 1.84. The fourth-order valence-corrected chi connectivity index (χ4v) is 2.17. The maximum Gasteiger partial charge on any atom is 0.0464 e. The quantitative estimate of drug-likeness (QED) is 0.774.